The highest BCUT2D eigenvalue weighted by molar-refractivity contribution is 6.03. The molecule has 1 aromatic heterocycles. The number of ketones is 1. The lowest BCUT2D eigenvalue weighted by molar-refractivity contribution is -0.117. The highest BCUT2D eigenvalue weighted by Crippen LogP contribution is 2.30. The number of benzene rings is 1. The van der Waals surface area contributed by atoms with E-state index in [1.54, 1.807) is 32.2 Å². The van der Waals surface area contributed by atoms with Gasteiger partial charge in [0.2, 0.25) is 5.91 Å². The summed E-state index contributed by atoms with van der Waals surface area (Å²) < 4.78 is 12.9. The first kappa shape index (κ1) is 25.7. The van der Waals surface area contributed by atoms with E-state index in [1.807, 2.05) is 13.8 Å². The number of nitrogens with two attached hydrogens (primary N) is 1. The van der Waals surface area contributed by atoms with Crippen molar-refractivity contribution < 1.29 is 19.1 Å². The quantitative estimate of drug-likeness (QED) is 0.491. The van der Waals surface area contributed by atoms with E-state index in [4.69, 9.17) is 15.2 Å². The second kappa shape index (κ2) is 10.8. The third-order valence-corrected chi connectivity index (χ3v) is 5.22. The van der Waals surface area contributed by atoms with Crippen LogP contribution in [-0.2, 0) is 18.9 Å². The number of amides is 1. The number of ether oxygens (including phenoxy) is 2. The molecule has 1 atom stereocenters. The minimum absolute atomic E-state index is 0.129. The van der Waals surface area contributed by atoms with E-state index in [0.29, 0.717) is 30.4 Å². The van der Waals surface area contributed by atoms with Crippen LogP contribution in [0.3, 0.4) is 0 Å². The maximum absolute atomic E-state index is 13.0. The lowest BCUT2D eigenvalue weighted by atomic mass is 10.1. The molecule has 0 saturated carbocycles. The van der Waals surface area contributed by atoms with Crippen molar-refractivity contribution in [2.24, 2.45) is 14.1 Å². The number of nitrogens with zero attached hydrogens (tertiary/aromatic N) is 3. The van der Waals surface area contributed by atoms with E-state index in [-0.39, 0.29) is 23.8 Å². The predicted molar refractivity (Wildman–Crippen MR) is 125 cm³/mol. The van der Waals surface area contributed by atoms with E-state index < -0.39 is 23.1 Å². The van der Waals surface area contributed by atoms with Crippen LogP contribution >= 0.6 is 0 Å². The molecular weight excluding hydrogens is 430 g/mol. The zero-order valence-electron chi connectivity index (χ0n) is 19.8. The number of nitrogen functional groups attached to an aromatic ring is 1. The number of hydrogen-bond donors (Lipinski definition) is 2. The second-order valence-electron chi connectivity index (χ2n) is 7.50. The fraction of sp³-hybridized carbons (Fsp3) is 0.455. The van der Waals surface area contributed by atoms with Gasteiger partial charge in [-0.25, -0.2) is 4.79 Å². The zero-order chi connectivity index (χ0) is 24.9. The average Bonchev–Trinajstić information content (AvgIpc) is 2.77. The molecule has 1 aromatic carbocycles. The van der Waals surface area contributed by atoms with E-state index in [0.717, 1.165) is 9.13 Å². The Morgan fingerprint density at radius 1 is 1.09 bits per heavy atom. The molecule has 2 rings (SSSR count). The van der Waals surface area contributed by atoms with Crippen LogP contribution in [0.15, 0.2) is 27.8 Å². The summed E-state index contributed by atoms with van der Waals surface area (Å²) in [4.78, 5) is 51.5. The zero-order valence-corrected chi connectivity index (χ0v) is 19.8. The Labute approximate surface area is 191 Å². The number of likely N-dealkylation sites (N-methyl/N-ethyl adjacent to an activating group) is 1. The lowest BCUT2D eigenvalue weighted by Gasteiger charge is -2.23. The summed E-state index contributed by atoms with van der Waals surface area (Å²) in [6.45, 7) is 6.06. The summed E-state index contributed by atoms with van der Waals surface area (Å²) in [5.41, 5.74) is 4.70. The Morgan fingerprint density at radius 2 is 1.70 bits per heavy atom. The third-order valence-electron chi connectivity index (χ3n) is 5.22. The number of carbonyl (C=O) groups excluding carboxylic acids is 2. The lowest BCUT2D eigenvalue weighted by Crippen LogP contribution is -2.46. The molecular formula is C22H31N5O6. The van der Waals surface area contributed by atoms with Gasteiger partial charge < -0.3 is 20.5 Å². The number of carbonyl (C=O) groups is 2. The van der Waals surface area contributed by atoms with Gasteiger partial charge in [-0.3, -0.25) is 28.4 Å². The molecule has 11 nitrogen and oxygen atoms in total. The topological polar surface area (TPSA) is 138 Å². The van der Waals surface area contributed by atoms with Gasteiger partial charge in [0.1, 0.15) is 11.4 Å². The summed E-state index contributed by atoms with van der Waals surface area (Å²) in [5.74, 6) is -0.0837. The summed E-state index contributed by atoms with van der Waals surface area (Å²) in [5, 5.41) is 2.76. The Morgan fingerprint density at radius 3 is 2.30 bits per heavy atom. The molecule has 0 bridgehead atoms. The van der Waals surface area contributed by atoms with Crippen molar-refractivity contribution in [2.75, 3.05) is 37.9 Å². The van der Waals surface area contributed by atoms with Gasteiger partial charge in [-0.15, -0.1) is 0 Å². The molecule has 33 heavy (non-hydrogen) atoms. The monoisotopic (exact) mass is 461 g/mol. The first-order valence-electron chi connectivity index (χ1n) is 10.5. The van der Waals surface area contributed by atoms with Crippen LogP contribution in [0.5, 0.6) is 11.5 Å². The van der Waals surface area contributed by atoms with Crippen LogP contribution in [0.4, 0.5) is 11.5 Å². The van der Waals surface area contributed by atoms with Gasteiger partial charge in [0.15, 0.2) is 17.3 Å². The summed E-state index contributed by atoms with van der Waals surface area (Å²) in [6, 6.07) is 4.21. The highest BCUT2D eigenvalue weighted by atomic mass is 16.5. The van der Waals surface area contributed by atoms with Crippen molar-refractivity contribution in [1.29, 1.82) is 0 Å². The second-order valence-corrected chi connectivity index (χ2v) is 7.50. The molecule has 11 heteroatoms. The van der Waals surface area contributed by atoms with Gasteiger partial charge in [0.25, 0.3) is 5.56 Å². The summed E-state index contributed by atoms with van der Waals surface area (Å²) >= 11 is 0. The maximum Gasteiger partial charge on any atom is 0.332 e. The average molecular weight is 462 g/mol. The normalized spacial score (nSPS) is 11.8. The first-order chi connectivity index (χ1) is 15.5. The number of Topliss-reactive ketones (excluding diaryl/α,β-unsaturated/α-hetero) is 1. The van der Waals surface area contributed by atoms with Gasteiger partial charge in [0.05, 0.1) is 25.8 Å². The van der Waals surface area contributed by atoms with Gasteiger partial charge in [-0.05, 0) is 40.0 Å². The van der Waals surface area contributed by atoms with Crippen molar-refractivity contribution in [1.82, 2.24) is 14.0 Å². The Balaban J connectivity index is 2.16. The highest BCUT2D eigenvalue weighted by Gasteiger charge is 2.28. The van der Waals surface area contributed by atoms with Gasteiger partial charge in [-0.1, -0.05) is 0 Å². The van der Waals surface area contributed by atoms with Crippen molar-refractivity contribution in [3.63, 3.8) is 0 Å². The minimum Gasteiger partial charge on any atom is -0.490 e. The molecule has 0 aliphatic heterocycles. The number of rotatable bonds is 10. The molecule has 0 saturated heterocycles. The number of hydrogen-bond acceptors (Lipinski definition) is 8. The van der Waals surface area contributed by atoms with Crippen LogP contribution in [0, 0.1) is 0 Å². The fourth-order valence-electron chi connectivity index (χ4n) is 3.19. The molecule has 0 unspecified atom stereocenters. The van der Waals surface area contributed by atoms with E-state index in [2.05, 4.69) is 5.32 Å². The van der Waals surface area contributed by atoms with E-state index in [1.165, 1.54) is 19.0 Å². The molecule has 0 fully saturated rings. The van der Waals surface area contributed by atoms with Crippen molar-refractivity contribution in [2.45, 2.75) is 26.8 Å². The molecule has 180 valence electrons. The SMILES string of the molecule is CCOc1ccc(NC(=O)CN(C)[C@@H](C)C(=O)c2c(N)n(C)c(=O)n(C)c2=O)cc1OCC. The summed E-state index contributed by atoms with van der Waals surface area (Å²) in [7, 11) is 4.23. The Bertz CT molecular complexity index is 1150. The predicted octanol–water partition coefficient (Wildman–Crippen LogP) is 0.605. The Kier molecular flexibility index (Phi) is 8.41. The molecule has 0 radical (unpaired) electrons. The number of nitrogens with one attached hydrogen (secondary N) is 1. The molecule has 0 aliphatic carbocycles. The van der Waals surface area contributed by atoms with Crippen molar-refractivity contribution >= 4 is 23.2 Å². The van der Waals surface area contributed by atoms with Crippen LogP contribution in [0.1, 0.15) is 31.1 Å². The third kappa shape index (κ3) is 5.61. The molecule has 2 aromatic rings. The minimum atomic E-state index is -0.845. The van der Waals surface area contributed by atoms with E-state index in [9.17, 15) is 19.2 Å². The van der Waals surface area contributed by atoms with Crippen molar-refractivity contribution in [3.05, 3.63) is 44.6 Å². The van der Waals surface area contributed by atoms with Crippen LogP contribution < -0.4 is 31.8 Å². The van der Waals surface area contributed by atoms with Crippen molar-refractivity contribution in [3.8, 4) is 11.5 Å². The summed E-state index contributed by atoms with van der Waals surface area (Å²) in [6.07, 6.45) is 0. The molecule has 1 heterocycles. The maximum atomic E-state index is 13.0. The first-order valence-corrected chi connectivity index (χ1v) is 10.5. The molecule has 3 N–H and O–H groups in total. The number of anilines is 2. The molecule has 0 spiro atoms. The molecule has 0 aliphatic rings. The smallest absolute Gasteiger partial charge is 0.332 e. The molecule has 1 amide bonds. The van der Waals surface area contributed by atoms with Crippen LogP contribution in [-0.4, -0.2) is 58.6 Å². The number of aromatic nitrogens is 2. The van der Waals surface area contributed by atoms with Gasteiger partial charge in [-0.2, -0.15) is 0 Å². The van der Waals surface area contributed by atoms with Gasteiger partial charge >= 0.3 is 5.69 Å². The van der Waals surface area contributed by atoms with Crippen LogP contribution in [0.25, 0.3) is 0 Å². The van der Waals surface area contributed by atoms with Gasteiger partial charge in [0, 0.05) is 25.8 Å². The fourth-order valence-corrected chi connectivity index (χ4v) is 3.19. The standard InChI is InChI=1S/C22H31N5O6/c1-7-32-15-10-9-14(11-16(15)33-8-2)24-17(28)12-25(4)13(3)19(29)18-20(23)26(5)22(31)27(6)21(18)30/h9-11,13H,7-8,12,23H2,1-6H3,(H,24,28)/t13-/m0/s1. The van der Waals surface area contributed by atoms with Crippen LogP contribution in [0.2, 0.25) is 0 Å². The Hall–Kier alpha value is -3.60. The largest absolute Gasteiger partial charge is 0.490 e. The van der Waals surface area contributed by atoms with E-state index >= 15 is 0 Å².